The molecule has 1 aliphatic rings. The molecule has 0 bridgehead atoms. The molecule has 0 aliphatic carbocycles. The number of nitrogens with zero attached hydrogens (tertiary/aromatic N) is 2. The van der Waals surface area contributed by atoms with Crippen LogP contribution in [0.5, 0.6) is 0 Å². The van der Waals surface area contributed by atoms with Crippen molar-refractivity contribution < 1.29 is 0 Å². The fraction of sp³-hybridized carbons (Fsp3) is 0.300. The van der Waals surface area contributed by atoms with Crippen LogP contribution in [0.3, 0.4) is 0 Å². The van der Waals surface area contributed by atoms with Gasteiger partial charge in [-0.05, 0) is 18.2 Å². The van der Waals surface area contributed by atoms with Crippen molar-refractivity contribution in [2.75, 3.05) is 20.1 Å². The number of aliphatic imine (C=N–C) groups is 1. The zero-order valence-corrected chi connectivity index (χ0v) is 7.62. The quantitative estimate of drug-likeness (QED) is 0.688. The second-order valence-corrected chi connectivity index (χ2v) is 3.05. The molecular weight excluding hydrogens is 162 g/mol. The molecule has 0 aromatic heterocycles. The Labute approximate surface area is 78.1 Å². The lowest BCUT2D eigenvalue weighted by Crippen LogP contribution is -2.25. The lowest BCUT2D eigenvalue weighted by atomic mass is 10.3. The van der Waals surface area contributed by atoms with Crippen molar-refractivity contribution in [1.29, 1.82) is 0 Å². The Balaban J connectivity index is 2.20. The van der Waals surface area contributed by atoms with Gasteiger partial charge in [0.05, 0.1) is 5.69 Å². The van der Waals surface area contributed by atoms with E-state index in [1.54, 1.807) is 0 Å². The fourth-order valence-electron chi connectivity index (χ4n) is 1.28. The molecule has 1 heterocycles. The molecule has 1 fully saturated rings. The molecule has 1 saturated heterocycles. The van der Waals surface area contributed by atoms with Crippen molar-refractivity contribution in [1.82, 2.24) is 10.2 Å². The Morgan fingerprint density at radius 3 is 3.15 bits per heavy atom. The molecule has 1 aromatic rings. The number of hydrogen-bond donors (Lipinski definition) is 1. The van der Waals surface area contributed by atoms with Gasteiger partial charge in [0.25, 0.3) is 0 Å². The second kappa shape index (κ2) is 3.47. The molecule has 13 heavy (non-hydrogen) atoms. The third kappa shape index (κ3) is 1.80. The summed E-state index contributed by atoms with van der Waals surface area (Å²) >= 11 is 0. The molecule has 1 aromatic carbocycles. The van der Waals surface area contributed by atoms with E-state index < -0.39 is 0 Å². The summed E-state index contributed by atoms with van der Waals surface area (Å²) in [6, 6.07) is 10.7. The van der Waals surface area contributed by atoms with E-state index in [0.717, 1.165) is 24.7 Å². The van der Waals surface area contributed by atoms with E-state index in [1.807, 2.05) is 31.3 Å². The Morgan fingerprint density at radius 1 is 1.62 bits per heavy atom. The first kappa shape index (κ1) is 8.10. The Morgan fingerprint density at radius 2 is 2.54 bits per heavy atom. The van der Waals surface area contributed by atoms with Gasteiger partial charge in [-0.2, -0.15) is 0 Å². The van der Waals surface area contributed by atoms with Gasteiger partial charge in [0.1, 0.15) is 0 Å². The highest BCUT2D eigenvalue weighted by Crippen LogP contribution is 2.10. The maximum atomic E-state index is 4.44. The smallest absolute Gasteiger partial charge is 0.199 e. The van der Waals surface area contributed by atoms with Crippen LogP contribution in [-0.2, 0) is 0 Å². The summed E-state index contributed by atoms with van der Waals surface area (Å²) in [7, 11) is 2.03. The van der Waals surface area contributed by atoms with Crippen LogP contribution in [-0.4, -0.2) is 31.0 Å². The van der Waals surface area contributed by atoms with E-state index in [9.17, 15) is 0 Å². The summed E-state index contributed by atoms with van der Waals surface area (Å²) in [5.74, 6) is 0.944. The van der Waals surface area contributed by atoms with E-state index >= 15 is 0 Å². The third-order valence-electron chi connectivity index (χ3n) is 2.02. The Kier molecular flexibility index (Phi) is 2.17. The summed E-state index contributed by atoms with van der Waals surface area (Å²) in [5.41, 5.74) is 0.943. The first-order chi connectivity index (χ1) is 6.36. The number of guanidine groups is 1. The van der Waals surface area contributed by atoms with Crippen molar-refractivity contribution in [2.24, 2.45) is 4.99 Å². The van der Waals surface area contributed by atoms with Crippen molar-refractivity contribution in [3.8, 4) is 0 Å². The zero-order valence-electron chi connectivity index (χ0n) is 7.62. The predicted octanol–water partition coefficient (Wildman–Crippen LogP) is 1.01. The second-order valence-electron chi connectivity index (χ2n) is 3.05. The largest absolute Gasteiger partial charge is 0.354 e. The van der Waals surface area contributed by atoms with E-state index in [4.69, 9.17) is 0 Å². The van der Waals surface area contributed by atoms with Gasteiger partial charge in [-0.1, -0.05) is 12.1 Å². The highest BCUT2D eigenvalue weighted by atomic mass is 15.3. The van der Waals surface area contributed by atoms with Crippen molar-refractivity contribution in [2.45, 2.75) is 0 Å². The maximum absolute atomic E-state index is 4.44. The summed E-state index contributed by atoms with van der Waals surface area (Å²) in [6.07, 6.45) is 0. The van der Waals surface area contributed by atoms with Crippen molar-refractivity contribution >= 4 is 11.6 Å². The van der Waals surface area contributed by atoms with Crippen LogP contribution in [0.25, 0.3) is 0 Å². The van der Waals surface area contributed by atoms with Crippen LogP contribution in [0.1, 0.15) is 0 Å². The number of rotatable bonds is 1. The molecule has 0 saturated carbocycles. The normalized spacial score (nSPS) is 19.2. The minimum atomic E-state index is 0.943. The van der Waals surface area contributed by atoms with Crippen LogP contribution in [0.2, 0.25) is 0 Å². The van der Waals surface area contributed by atoms with Gasteiger partial charge in [0.15, 0.2) is 5.96 Å². The Bertz CT molecular complexity index is 305. The molecule has 3 heteroatoms. The van der Waals surface area contributed by atoms with Crippen molar-refractivity contribution in [3.05, 3.63) is 30.3 Å². The van der Waals surface area contributed by atoms with Crippen LogP contribution < -0.4 is 5.32 Å². The van der Waals surface area contributed by atoms with Crippen molar-refractivity contribution in [3.63, 3.8) is 0 Å². The fourth-order valence-corrected chi connectivity index (χ4v) is 1.28. The molecule has 0 amide bonds. The minimum absolute atomic E-state index is 0.943. The summed E-state index contributed by atoms with van der Waals surface area (Å²) in [6.45, 7) is 2.00. The molecule has 1 aliphatic heterocycles. The van der Waals surface area contributed by atoms with Crippen LogP contribution in [0, 0.1) is 6.07 Å². The van der Waals surface area contributed by atoms with Gasteiger partial charge in [-0.3, -0.25) is 0 Å². The number of hydrogen-bond acceptors (Lipinski definition) is 1. The van der Waals surface area contributed by atoms with Gasteiger partial charge in [-0.15, -0.1) is 0 Å². The standard InChI is InChI=1S/C10H12N3/c1-13-8-7-11-10(13)12-9-5-3-2-4-6-9/h2-3,5-6H,7-8H2,1H3,(H,11,12). The maximum Gasteiger partial charge on any atom is 0.199 e. The molecule has 0 spiro atoms. The molecule has 0 atom stereocenters. The number of benzene rings is 1. The van der Waals surface area contributed by atoms with Gasteiger partial charge in [-0.25, -0.2) is 4.99 Å². The lowest BCUT2D eigenvalue weighted by Gasteiger charge is -2.09. The SMILES string of the molecule is CN1CCNC1=Nc1c[c]ccc1. The third-order valence-corrected chi connectivity index (χ3v) is 2.02. The van der Waals surface area contributed by atoms with E-state index in [2.05, 4.69) is 21.3 Å². The lowest BCUT2D eigenvalue weighted by molar-refractivity contribution is 0.563. The molecule has 1 N–H and O–H groups in total. The highest BCUT2D eigenvalue weighted by molar-refractivity contribution is 5.84. The summed E-state index contributed by atoms with van der Waals surface area (Å²) in [5, 5.41) is 3.22. The first-order valence-corrected chi connectivity index (χ1v) is 4.36. The zero-order chi connectivity index (χ0) is 9.10. The molecule has 67 valence electrons. The predicted molar refractivity (Wildman–Crippen MR) is 53.0 cm³/mol. The average Bonchev–Trinajstić information content (AvgIpc) is 2.54. The molecule has 1 radical (unpaired) electrons. The number of nitrogens with one attached hydrogen (secondary N) is 1. The number of likely N-dealkylation sites (N-methyl/N-ethyl adjacent to an activating group) is 1. The van der Waals surface area contributed by atoms with Crippen LogP contribution >= 0.6 is 0 Å². The van der Waals surface area contributed by atoms with Gasteiger partial charge >= 0.3 is 0 Å². The topological polar surface area (TPSA) is 27.6 Å². The van der Waals surface area contributed by atoms with Gasteiger partial charge in [0.2, 0.25) is 0 Å². The molecule has 3 nitrogen and oxygen atoms in total. The minimum Gasteiger partial charge on any atom is -0.354 e. The van der Waals surface area contributed by atoms with Gasteiger partial charge in [0, 0.05) is 20.1 Å². The van der Waals surface area contributed by atoms with E-state index in [0.29, 0.717) is 0 Å². The van der Waals surface area contributed by atoms with E-state index in [-0.39, 0.29) is 0 Å². The average molecular weight is 174 g/mol. The molecule has 0 unspecified atom stereocenters. The van der Waals surface area contributed by atoms with Crippen LogP contribution in [0.15, 0.2) is 29.3 Å². The van der Waals surface area contributed by atoms with E-state index in [1.165, 1.54) is 0 Å². The molecular formula is C10H12N3. The highest BCUT2D eigenvalue weighted by Gasteiger charge is 2.12. The molecule has 2 rings (SSSR count). The van der Waals surface area contributed by atoms with Crippen LogP contribution in [0.4, 0.5) is 5.69 Å². The first-order valence-electron chi connectivity index (χ1n) is 4.36. The Hall–Kier alpha value is -1.51. The summed E-state index contributed by atoms with van der Waals surface area (Å²) in [4.78, 5) is 6.54. The monoisotopic (exact) mass is 174 g/mol. The summed E-state index contributed by atoms with van der Waals surface area (Å²) < 4.78 is 0. The van der Waals surface area contributed by atoms with Gasteiger partial charge < -0.3 is 10.2 Å².